The molecular formula is C9H12N2O4. The Morgan fingerprint density at radius 3 is 2.73 bits per heavy atom. The van der Waals surface area contributed by atoms with Gasteiger partial charge in [-0.3, -0.25) is 4.79 Å². The van der Waals surface area contributed by atoms with Gasteiger partial charge in [0.25, 0.3) is 12.4 Å². The van der Waals surface area contributed by atoms with Crippen LogP contribution in [0.5, 0.6) is 11.6 Å². The number of nitrogens with zero attached hydrogens (tertiary/aromatic N) is 2. The van der Waals surface area contributed by atoms with E-state index in [2.05, 4.69) is 14.7 Å². The van der Waals surface area contributed by atoms with Gasteiger partial charge in [-0.25, -0.2) is 4.98 Å². The lowest BCUT2D eigenvalue weighted by molar-refractivity contribution is -0.129. The van der Waals surface area contributed by atoms with Crippen LogP contribution in [-0.4, -0.2) is 34.8 Å². The maximum Gasteiger partial charge on any atom is 0.293 e. The first kappa shape index (κ1) is 11.2. The molecule has 0 atom stereocenters. The van der Waals surface area contributed by atoms with Crippen LogP contribution in [0.3, 0.4) is 0 Å². The number of hydrogen-bond acceptors (Lipinski definition) is 6. The number of rotatable bonds is 5. The van der Waals surface area contributed by atoms with Crippen molar-refractivity contribution in [1.29, 1.82) is 0 Å². The van der Waals surface area contributed by atoms with Crippen LogP contribution in [0, 0.1) is 13.8 Å². The summed E-state index contributed by atoms with van der Waals surface area (Å²) in [6.45, 7) is 3.94. The van der Waals surface area contributed by atoms with Gasteiger partial charge in [0.05, 0.1) is 5.69 Å². The lowest BCUT2D eigenvalue weighted by Gasteiger charge is -2.08. The van der Waals surface area contributed by atoms with Crippen LogP contribution in [0.1, 0.15) is 11.5 Å². The molecule has 0 fully saturated rings. The van der Waals surface area contributed by atoms with Gasteiger partial charge in [-0.2, -0.15) is 4.98 Å². The van der Waals surface area contributed by atoms with Gasteiger partial charge in [0.2, 0.25) is 0 Å². The lowest BCUT2D eigenvalue weighted by Crippen LogP contribution is -2.08. The van der Waals surface area contributed by atoms with E-state index in [0.29, 0.717) is 18.0 Å². The average Bonchev–Trinajstić information content (AvgIpc) is 2.19. The molecule has 0 unspecified atom stereocenters. The number of ether oxygens (including phenoxy) is 2. The second-order valence-corrected chi connectivity index (χ2v) is 2.83. The maximum atomic E-state index is 9.84. The van der Waals surface area contributed by atoms with E-state index in [0.717, 1.165) is 0 Å². The molecule has 1 aromatic rings. The summed E-state index contributed by atoms with van der Waals surface area (Å²) in [4.78, 5) is 17.7. The number of aromatic nitrogens is 2. The lowest BCUT2D eigenvalue weighted by atomic mass is 10.4. The minimum Gasteiger partial charge on any atom is -0.502 e. The van der Waals surface area contributed by atoms with Crippen molar-refractivity contribution in [3.8, 4) is 11.6 Å². The second-order valence-electron chi connectivity index (χ2n) is 2.83. The third kappa shape index (κ3) is 3.08. The molecule has 0 saturated heterocycles. The predicted molar refractivity (Wildman–Crippen MR) is 50.7 cm³/mol. The zero-order valence-electron chi connectivity index (χ0n) is 8.56. The van der Waals surface area contributed by atoms with Crippen LogP contribution in [-0.2, 0) is 9.53 Å². The quantitative estimate of drug-likeness (QED) is 0.560. The topological polar surface area (TPSA) is 81.5 Å². The number of aromatic hydroxyl groups is 1. The highest BCUT2D eigenvalue weighted by Crippen LogP contribution is 2.25. The van der Waals surface area contributed by atoms with Gasteiger partial charge in [-0.05, 0) is 13.8 Å². The first-order chi connectivity index (χ1) is 7.15. The summed E-state index contributed by atoms with van der Waals surface area (Å²) in [6, 6.07) is 0. The van der Waals surface area contributed by atoms with Gasteiger partial charge in [-0.15, -0.1) is 0 Å². The van der Waals surface area contributed by atoms with E-state index in [4.69, 9.17) is 4.74 Å². The van der Waals surface area contributed by atoms with E-state index < -0.39 is 0 Å². The Bertz CT molecular complexity index is 354. The molecule has 1 rings (SSSR count). The molecule has 0 aliphatic heterocycles. The van der Waals surface area contributed by atoms with E-state index in [1.165, 1.54) is 0 Å². The maximum absolute atomic E-state index is 9.84. The van der Waals surface area contributed by atoms with Crippen molar-refractivity contribution in [3.63, 3.8) is 0 Å². The van der Waals surface area contributed by atoms with E-state index in [1.54, 1.807) is 13.8 Å². The Hall–Kier alpha value is -1.85. The summed E-state index contributed by atoms with van der Waals surface area (Å²) in [5, 5.41) is 9.52. The standard InChI is InChI=1S/C9H12N2O4/c1-6-8(13)9(11-7(2)10-6)15-4-3-14-5-12/h5,13H,3-4H2,1-2H3. The highest BCUT2D eigenvalue weighted by atomic mass is 16.6. The number of aryl methyl sites for hydroxylation is 2. The SMILES string of the molecule is Cc1nc(C)c(O)c(OCCOC=O)n1. The minimum atomic E-state index is -0.0910. The first-order valence-corrected chi connectivity index (χ1v) is 4.37. The fraction of sp³-hybridized carbons (Fsp3) is 0.444. The molecule has 0 amide bonds. The normalized spacial score (nSPS) is 9.73. The van der Waals surface area contributed by atoms with Gasteiger partial charge in [-0.1, -0.05) is 0 Å². The van der Waals surface area contributed by atoms with Gasteiger partial charge < -0.3 is 14.6 Å². The number of carbonyl (C=O) groups excluding carboxylic acids is 1. The summed E-state index contributed by atoms with van der Waals surface area (Å²) in [7, 11) is 0. The van der Waals surface area contributed by atoms with Crippen molar-refractivity contribution in [2.45, 2.75) is 13.8 Å². The van der Waals surface area contributed by atoms with E-state index in [9.17, 15) is 9.90 Å². The smallest absolute Gasteiger partial charge is 0.293 e. The molecule has 6 heteroatoms. The average molecular weight is 212 g/mol. The molecular weight excluding hydrogens is 200 g/mol. The van der Waals surface area contributed by atoms with Gasteiger partial charge in [0, 0.05) is 0 Å². The van der Waals surface area contributed by atoms with Crippen LogP contribution in [0.15, 0.2) is 0 Å². The zero-order chi connectivity index (χ0) is 11.3. The molecule has 0 saturated carbocycles. The Morgan fingerprint density at radius 2 is 2.07 bits per heavy atom. The molecule has 0 aliphatic carbocycles. The fourth-order valence-electron chi connectivity index (χ4n) is 1.01. The highest BCUT2D eigenvalue weighted by Gasteiger charge is 2.09. The molecule has 0 aromatic carbocycles. The molecule has 0 bridgehead atoms. The number of carbonyl (C=O) groups is 1. The summed E-state index contributed by atoms with van der Waals surface area (Å²) in [5.41, 5.74) is 0.453. The van der Waals surface area contributed by atoms with E-state index >= 15 is 0 Å². The van der Waals surface area contributed by atoms with Crippen molar-refractivity contribution < 1.29 is 19.4 Å². The third-order valence-electron chi connectivity index (χ3n) is 1.65. The molecule has 1 heterocycles. The first-order valence-electron chi connectivity index (χ1n) is 4.37. The molecule has 6 nitrogen and oxygen atoms in total. The third-order valence-corrected chi connectivity index (χ3v) is 1.65. The second kappa shape index (κ2) is 5.14. The minimum absolute atomic E-state index is 0.0910. The summed E-state index contributed by atoms with van der Waals surface area (Å²) in [5.74, 6) is 0.526. The number of hydrogen-bond donors (Lipinski definition) is 1. The Balaban J connectivity index is 2.63. The monoisotopic (exact) mass is 212 g/mol. The van der Waals surface area contributed by atoms with Gasteiger partial charge >= 0.3 is 0 Å². The summed E-state index contributed by atoms with van der Waals surface area (Å²) >= 11 is 0. The molecule has 0 radical (unpaired) electrons. The van der Waals surface area contributed by atoms with Crippen LogP contribution >= 0.6 is 0 Å². The summed E-state index contributed by atoms with van der Waals surface area (Å²) < 4.78 is 9.54. The van der Waals surface area contributed by atoms with E-state index in [-0.39, 0.29) is 24.8 Å². The van der Waals surface area contributed by atoms with Crippen LogP contribution in [0.25, 0.3) is 0 Å². The molecule has 0 spiro atoms. The fourth-order valence-corrected chi connectivity index (χ4v) is 1.01. The van der Waals surface area contributed by atoms with Crippen LogP contribution < -0.4 is 4.74 Å². The van der Waals surface area contributed by atoms with Crippen molar-refractivity contribution in [2.24, 2.45) is 0 Å². The van der Waals surface area contributed by atoms with Crippen molar-refractivity contribution in [1.82, 2.24) is 9.97 Å². The molecule has 1 N–H and O–H groups in total. The Kier molecular flexibility index (Phi) is 3.84. The zero-order valence-corrected chi connectivity index (χ0v) is 8.56. The largest absolute Gasteiger partial charge is 0.502 e. The molecule has 15 heavy (non-hydrogen) atoms. The molecule has 82 valence electrons. The van der Waals surface area contributed by atoms with Crippen molar-refractivity contribution in [2.75, 3.05) is 13.2 Å². The van der Waals surface area contributed by atoms with Crippen molar-refractivity contribution in [3.05, 3.63) is 11.5 Å². The van der Waals surface area contributed by atoms with Crippen LogP contribution in [0.2, 0.25) is 0 Å². The van der Waals surface area contributed by atoms with Gasteiger partial charge in [0.15, 0.2) is 5.75 Å². The van der Waals surface area contributed by atoms with Crippen LogP contribution in [0.4, 0.5) is 0 Å². The summed E-state index contributed by atoms with van der Waals surface area (Å²) in [6.07, 6.45) is 0. The molecule has 1 aromatic heterocycles. The van der Waals surface area contributed by atoms with E-state index in [1.807, 2.05) is 0 Å². The predicted octanol–water partition coefficient (Wildman–Crippen LogP) is 0.351. The highest BCUT2D eigenvalue weighted by molar-refractivity contribution is 5.37. The Labute approximate surface area is 86.9 Å². The molecule has 0 aliphatic rings. The van der Waals surface area contributed by atoms with Crippen molar-refractivity contribution >= 4 is 6.47 Å². The Morgan fingerprint density at radius 1 is 1.33 bits per heavy atom. The van der Waals surface area contributed by atoms with Gasteiger partial charge in [0.1, 0.15) is 19.0 Å².